The number of aromatic carboxylic acids is 1. The van der Waals surface area contributed by atoms with Gasteiger partial charge in [-0.3, -0.25) is 0 Å². The van der Waals surface area contributed by atoms with Crippen molar-refractivity contribution in [2.45, 2.75) is 6.42 Å². The minimum Gasteiger partial charge on any atom is -0.493 e. The Kier molecular flexibility index (Phi) is 4.01. The fraction of sp³-hybridized carbons (Fsp3) is 0.111. The molecule has 0 atom stereocenters. The molecule has 2 aromatic carbocycles. The first-order valence-corrected chi connectivity index (χ1v) is 7.02. The van der Waals surface area contributed by atoms with Gasteiger partial charge in [-0.25, -0.2) is 9.78 Å². The molecule has 0 spiro atoms. The molecule has 0 unspecified atom stereocenters. The normalized spacial score (nSPS) is 10.5. The van der Waals surface area contributed by atoms with Crippen LogP contribution in [0, 0.1) is 0 Å². The van der Waals surface area contributed by atoms with E-state index in [0.717, 1.165) is 16.7 Å². The van der Waals surface area contributed by atoms with Gasteiger partial charge in [-0.15, -0.1) is 0 Å². The number of carboxylic acids is 1. The molecule has 0 aliphatic heterocycles. The van der Waals surface area contributed by atoms with Gasteiger partial charge in [0.05, 0.1) is 6.61 Å². The number of fused-ring (bicyclic) bond motifs is 1. The molecule has 22 heavy (non-hydrogen) atoms. The third kappa shape index (κ3) is 3.23. The summed E-state index contributed by atoms with van der Waals surface area (Å²) in [6.07, 6.45) is 2.26. The highest BCUT2D eigenvalue weighted by molar-refractivity contribution is 5.85. The summed E-state index contributed by atoms with van der Waals surface area (Å²) < 4.78 is 5.75. The summed E-state index contributed by atoms with van der Waals surface area (Å²) in [5.74, 6) is -0.187. The predicted molar refractivity (Wildman–Crippen MR) is 84.3 cm³/mol. The summed E-state index contributed by atoms with van der Waals surface area (Å²) >= 11 is 0. The Morgan fingerprint density at radius 1 is 1.05 bits per heavy atom. The van der Waals surface area contributed by atoms with Gasteiger partial charge < -0.3 is 9.84 Å². The molecule has 0 aliphatic rings. The van der Waals surface area contributed by atoms with Crippen molar-refractivity contribution in [2.24, 2.45) is 0 Å². The first kappa shape index (κ1) is 14.1. The largest absolute Gasteiger partial charge is 0.493 e. The van der Waals surface area contributed by atoms with E-state index in [0.29, 0.717) is 13.0 Å². The third-order valence-electron chi connectivity index (χ3n) is 3.42. The van der Waals surface area contributed by atoms with Crippen molar-refractivity contribution in [3.63, 3.8) is 0 Å². The summed E-state index contributed by atoms with van der Waals surface area (Å²) in [7, 11) is 0. The second-order valence-corrected chi connectivity index (χ2v) is 4.96. The van der Waals surface area contributed by atoms with Gasteiger partial charge in [-0.1, -0.05) is 36.4 Å². The lowest BCUT2D eigenvalue weighted by Gasteiger charge is -2.07. The van der Waals surface area contributed by atoms with Crippen molar-refractivity contribution in [3.8, 4) is 5.75 Å². The monoisotopic (exact) mass is 293 g/mol. The number of pyridine rings is 1. The maximum absolute atomic E-state index is 10.7. The SMILES string of the molecule is O=C(O)c1ccc(CCOc2ccc3ccccc3c2)cn1. The molecule has 0 saturated heterocycles. The number of benzene rings is 2. The molecular weight excluding hydrogens is 278 g/mol. The van der Waals surface area contributed by atoms with Gasteiger partial charge in [0.2, 0.25) is 0 Å². The van der Waals surface area contributed by atoms with E-state index in [-0.39, 0.29) is 5.69 Å². The number of ether oxygens (including phenoxy) is 1. The topological polar surface area (TPSA) is 59.4 Å². The lowest BCUT2D eigenvalue weighted by atomic mass is 10.1. The molecule has 0 aliphatic carbocycles. The number of carbonyl (C=O) groups is 1. The molecule has 0 amide bonds. The number of carboxylic acid groups (broad SMARTS) is 1. The second-order valence-electron chi connectivity index (χ2n) is 4.96. The fourth-order valence-electron chi connectivity index (χ4n) is 2.24. The van der Waals surface area contributed by atoms with Crippen LogP contribution in [0.15, 0.2) is 60.8 Å². The standard InChI is InChI=1S/C18H15NO3/c20-18(21)17-8-5-13(12-19-17)9-10-22-16-7-6-14-3-1-2-4-15(14)11-16/h1-8,11-12H,9-10H2,(H,20,21). The Hall–Kier alpha value is -2.88. The van der Waals surface area contributed by atoms with Gasteiger partial charge in [0.1, 0.15) is 11.4 Å². The molecule has 4 heteroatoms. The summed E-state index contributed by atoms with van der Waals surface area (Å²) in [6.45, 7) is 0.520. The van der Waals surface area contributed by atoms with Gasteiger partial charge in [-0.2, -0.15) is 0 Å². The van der Waals surface area contributed by atoms with E-state index in [9.17, 15) is 4.79 Å². The van der Waals surface area contributed by atoms with Crippen molar-refractivity contribution in [1.29, 1.82) is 0 Å². The van der Waals surface area contributed by atoms with Crippen molar-refractivity contribution in [1.82, 2.24) is 4.98 Å². The smallest absolute Gasteiger partial charge is 0.354 e. The fourth-order valence-corrected chi connectivity index (χ4v) is 2.24. The van der Waals surface area contributed by atoms with Gasteiger partial charge in [0.15, 0.2) is 0 Å². The van der Waals surface area contributed by atoms with E-state index < -0.39 is 5.97 Å². The average Bonchev–Trinajstić information content (AvgIpc) is 2.55. The average molecular weight is 293 g/mol. The van der Waals surface area contributed by atoms with Crippen LogP contribution < -0.4 is 4.74 Å². The van der Waals surface area contributed by atoms with E-state index in [1.54, 1.807) is 12.3 Å². The predicted octanol–water partition coefficient (Wildman–Crippen LogP) is 3.55. The highest BCUT2D eigenvalue weighted by atomic mass is 16.5. The molecule has 3 rings (SSSR count). The Morgan fingerprint density at radius 3 is 2.59 bits per heavy atom. The zero-order valence-electron chi connectivity index (χ0n) is 11.9. The summed E-state index contributed by atoms with van der Waals surface area (Å²) in [4.78, 5) is 14.6. The minimum atomic E-state index is -1.01. The number of hydrogen-bond donors (Lipinski definition) is 1. The minimum absolute atomic E-state index is 0.0548. The lowest BCUT2D eigenvalue weighted by molar-refractivity contribution is 0.0690. The molecule has 0 bridgehead atoms. The van der Waals surface area contributed by atoms with Crippen LogP contribution >= 0.6 is 0 Å². The van der Waals surface area contributed by atoms with E-state index in [4.69, 9.17) is 9.84 Å². The zero-order valence-corrected chi connectivity index (χ0v) is 11.9. The Bertz CT molecular complexity index is 797. The van der Waals surface area contributed by atoms with Gasteiger partial charge >= 0.3 is 5.97 Å². The molecule has 1 aromatic heterocycles. The van der Waals surface area contributed by atoms with Crippen molar-refractivity contribution < 1.29 is 14.6 Å². The van der Waals surface area contributed by atoms with E-state index in [1.807, 2.05) is 30.3 Å². The molecule has 1 heterocycles. The van der Waals surface area contributed by atoms with Crippen LogP contribution in [-0.2, 0) is 6.42 Å². The van der Waals surface area contributed by atoms with Crippen LogP contribution in [0.3, 0.4) is 0 Å². The van der Waals surface area contributed by atoms with Crippen LogP contribution in [0.5, 0.6) is 5.75 Å². The Morgan fingerprint density at radius 2 is 1.86 bits per heavy atom. The van der Waals surface area contributed by atoms with Crippen molar-refractivity contribution >= 4 is 16.7 Å². The van der Waals surface area contributed by atoms with Gasteiger partial charge in [0, 0.05) is 12.6 Å². The molecular formula is C18H15NO3. The number of aromatic nitrogens is 1. The molecule has 4 nitrogen and oxygen atoms in total. The number of hydrogen-bond acceptors (Lipinski definition) is 3. The first-order valence-electron chi connectivity index (χ1n) is 7.02. The lowest BCUT2D eigenvalue weighted by Crippen LogP contribution is -2.04. The van der Waals surface area contributed by atoms with Crippen LogP contribution in [0.4, 0.5) is 0 Å². The van der Waals surface area contributed by atoms with Crippen molar-refractivity contribution in [3.05, 3.63) is 72.1 Å². The maximum Gasteiger partial charge on any atom is 0.354 e. The van der Waals surface area contributed by atoms with E-state index >= 15 is 0 Å². The first-order chi connectivity index (χ1) is 10.7. The zero-order chi connectivity index (χ0) is 15.4. The van der Waals surface area contributed by atoms with Crippen LogP contribution in [0.1, 0.15) is 16.1 Å². The Balaban J connectivity index is 1.60. The van der Waals surface area contributed by atoms with Gasteiger partial charge in [-0.05, 0) is 34.5 Å². The highest BCUT2D eigenvalue weighted by Crippen LogP contribution is 2.20. The van der Waals surface area contributed by atoms with Gasteiger partial charge in [0.25, 0.3) is 0 Å². The molecule has 0 fully saturated rings. The Labute approximate surface area is 128 Å². The molecule has 110 valence electrons. The summed E-state index contributed by atoms with van der Waals surface area (Å²) in [5, 5.41) is 11.1. The molecule has 1 N–H and O–H groups in total. The second kappa shape index (κ2) is 6.26. The van der Waals surface area contributed by atoms with E-state index in [1.165, 1.54) is 11.5 Å². The quantitative estimate of drug-likeness (QED) is 0.781. The van der Waals surface area contributed by atoms with Crippen LogP contribution in [-0.4, -0.2) is 22.7 Å². The van der Waals surface area contributed by atoms with Crippen molar-refractivity contribution in [2.75, 3.05) is 6.61 Å². The molecule has 3 aromatic rings. The van der Waals surface area contributed by atoms with Crippen LogP contribution in [0.25, 0.3) is 10.8 Å². The number of rotatable bonds is 5. The summed E-state index contributed by atoms with van der Waals surface area (Å²) in [5.41, 5.74) is 1.00. The van der Waals surface area contributed by atoms with E-state index in [2.05, 4.69) is 17.1 Å². The molecule has 0 radical (unpaired) electrons. The summed E-state index contributed by atoms with van der Waals surface area (Å²) in [6, 6.07) is 17.4. The highest BCUT2D eigenvalue weighted by Gasteiger charge is 2.04. The number of nitrogens with zero attached hydrogens (tertiary/aromatic N) is 1. The molecule has 0 saturated carbocycles. The third-order valence-corrected chi connectivity index (χ3v) is 3.42. The van der Waals surface area contributed by atoms with Crippen LogP contribution in [0.2, 0.25) is 0 Å². The maximum atomic E-state index is 10.7.